The highest BCUT2D eigenvalue weighted by Gasteiger charge is 2.23. The van der Waals surface area contributed by atoms with E-state index in [2.05, 4.69) is 10.4 Å². The molecule has 1 N–H and O–H groups in total. The molecule has 0 fully saturated rings. The number of carbonyl (C=O) groups excluding carboxylic acids is 2. The van der Waals surface area contributed by atoms with Crippen LogP contribution in [0.5, 0.6) is 17.2 Å². The fourth-order valence-electron chi connectivity index (χ4n) is 3.56. The molecule has 4 aromatic rings. The minimum Gasteiger partial charge on any atom is -0.494 e. The first-order valence-electron chi connectivity index (χ1n) is 11.5. The van der Waals surface area contributed by atoms with Crippen LogP contribution in [0.3, 0.4) is 0 Å². The molecule has 0 saturated carbocycles. The van der Waals surface area contributed by atoms with E-state index in [1.165, 1.54) is 7.11 Å². The standard InChI is InChI=1S/C26H25N3O7S/c1-4-34-17-12-10-16(11-13-17)29-25(31)22-18(23(28-29)26(32)35-5-2)15-37-24(22)27-21(30)14-36-20-9-7-6-8-19(20)33-3/h6-13,15H,4-5,14H2,1-3H3,(H,27,30). The lowest BCUT2D eigenvalue weighted by atomic mass is 10.2. The average molecular weight is 524 g/mol. The van der Waals surface area contributed by atoms with E-state index in [9.17, 15) is 14.4 Å². The Kier molecular flexibility index (Phi) is 8.04. The van der Waals surface area contributed by atoms with Gasteiger partial charge in [-0.25, -0.2) is 4.79 Å². The van der Waals surface area contributed by atoms with E-state index in [0.717, 1.165) is 16.0 Å². The topological polar surface area (TPSA) is 118 Å². The van der Waals surface area contributed by atoms with Crippen LogP contribution in [-0.4, -0.2) is 48.6 Å². The molecule has 37 heavy (non-hydrogen) atoms. The van der Waals surface area contributed by atoms with Crippen molar-refractivity contribution in [2.24, 2.45) is 0 Å². The van der Waals surface area contributed by atoms with E-state index in [1.54, 1.807) is 60.8 Å². The summed E-state index contributed by atoms with van der Waals surface area (Å²) in [5.74, 6) is 0.353. The molecule has 2 aromatic carbocycles. The molecule has 0 aliphatic heterocycles. The van der Waals surface area contributed by atoms with Crippen LogP contribution in [0.2, 0.25) is 0 Å². The van der Waals surface area contributed by atoms with Crippen molar-refractivity contribution in [1.82, 2.24) is 9.78 Å². The van der Waals surface area contributed by atoms with Gasteiger partial charge in [0.1, 0.15) is 10.8 Å². The Bertz CT molecular complexity index is 1480. The second kappa shape index (κ2) is 11.6. The first kappa shape index (κ1) is 25.7. The predicted octanol–water partition coefficient (Wildman–Crippen LogP) is 4.05. The van der Waals surface area contributed by atoms with Crippen LogP contribution in [0.15, 0.2) is 58.7 Å². The van der Waals surface area contributed by atoms with Crippen LogP contribution < -0.4 is 25.1 Å². The Balaban J connectivity index is 1.69. The Labute approximate surface area is 216 Å². The molecular formula is C26H25N3O7S. The Morgan fingerprint density at radius 3 is 2.41 bits per heavy atom. The van der Waals surface area contributed by atoms with Crippen LogP contribution in [0, 0.1) is 0 Å². The van der Waals surface area contributed by atoms with Gasteiger partial charge in [-0.1, -0.05) is 12.1 Å². The number of fused-ring (bicyclic) bond motifs is 1. The number of methoxy groups -OCH3 is 1. The lowest BCUT2D eigenvalue weighted by Crippen LogP contribution is -2.26. The zero-order valence-electron chi connectivity index (χ0n) is 20.5. The molecule has 0 spiro atoms. The largest absolute Gasteiger partial charge is 0.494 e. The Morgan fingerprint density at radius 2 is 1.73 bits per heavy atom. The fourth-order valence-corrected chi connectivity index (χ4v) is 4.51. The molecule has 0 unspecified atom stereocenters. The number of hydrogen-bond donors (Lipinski definition) is 1. The number of esters is 1. The number of thiophene rings is 1. The molecule has 2 aromatic heterocycles. The first-order chi connectivity index (χ1) is 18.0. The molecule has 0 aliphatic carbocycles. The molecule has 0 saturated heterocycles. The maximum Gasteiger partial charge on any atom is 0.359 e. The number of carbonyl (C=O) groups is 2. The van der Waals surface area contributed by atoms with Crippen molar-refractivity contribution in [1.29, 1.82) is 0 Å². The van der Waals surface area contributed by atoms with Crippen molar-refractivity contribution in [3.8, 4) is 22.9 Å². The number of hydrogen-bond acceptors (Lipinski definition) is 9. The number of amides is 1. The highest BCUT2D eigenvalue weighted by Crippen LogP contribution is 2.31. The minimum atomic E-state index is -0.678. The lowest BCUT2D eigenvalue weighted by molar-refractivity contribution is -0.118. The minimum absolute atomic E-state index is 0.0349. The number of para-hydroxylation sites is 2. The summed E-state index contributed by atoms with van der Waals surface area (Å²) in [5, 5.41) is 9.30. The Morgan fingerprint density at radius 1 is 1.00 bits per heavy atom. The third kappa shape index (κ3) is 5.56. The van der Waals surface area contributed by atoms with Crippen LogP contribution in [0.1, 0.15) is 24.3 Å². The SMILES string of the molecule is CCOC(=O)c1nn(-c2ccc(OCC)cc2)c(=O)c2c(NC(=O)COc3ccccc3OC)scc12. The summed E-state index contributed by atoms with van der Waals surface area (Å²) in [6, 6.07) is 13.7. The summed E-state index contributed by atoms with van der Waals surface area (Å²) >= 11 is 1.10. The second-order valence-electron chi connectivity index (χ2n) is 7.55. The van der Waals surface area contributed by atoms with Gasteiger partial charge in [0.25, 0.3) is 11.5 Å². The smallest absolute Gasteiger partial charge is 0.359 e. The summed E-state index contributed by atoms with van der Waals surface area (Å²) in [7, 11) is 1.50. The maximum atomic E-state index is 13.5. The van der Waals surface area contributed by atoms with E-state index >= 15 is 0 Å². The zero-order chi connectivity index (χ0) is 26.4. The molecule has 0 atom stereocenters. The highest BCUT2D eigenvalue weighted by molar-refractivity contribution is 7.16. The number of rotatable bonds is 10. The summed E-state index contributed by atoms with van der Waals surface area (Å²) in [6.45, 7) is 3.86. The molecule has 2 heterocycles. The van der Waals surface area contributed by atoms with Crippen molar-refractivity contribution in [2.45, 2.75) is 13.8 Å². The number of benzene rings is 2. The number of aromatic nitrogens is 2. The second-order valence-corrected chi connectivity index (χ2v) is 8.43. The van der Waals surface area contributed by atoms with Gasteiger partial charge in [0.15, 0.2) is 23.8 Å². The number of nitrogens with zero attached hydrogens (tertiary/aromatic N) is 2. The number of anilines is 1. The van der Waals surface area contributed by atoms with Gasteiger partial charge in [-0.15, -0.1) is 11.3 Å². The summed E-state index contributed by atoms with van der Waals surface area (Å²) in [4.78, 5) is 38.9. The van der Waals surface area contributed by atoms with Gasteiger partial charge in [-0.3, -0.25) is 9.59 Å². The molecule has 4 rings (SSSR count). The van der Waals surface area contributed by atoms with Crippen molar-refractivity contribution in [3.63, 3.8) is 0 Å². The Hall–Kier alpha value is -4.38. The molecule has 0 bridgehead atoms. The van der Waals surface area contributed by atoms with E-state index in [0.29, 0.717) is 29.5 Å². The monoisotopic (exact) mass is 523 g/mol. The molecule has 192 valence electrons. The van der Waals surface area contributed by atoms with Crippen molar-refractivity contribution in [2.75, 3.05) is 32.2 Å². The van der Waals surface area contributed by atoms with Crippen LogP contribution in [0.4, 0.5) is 5.00 Å². The van der Waals surface area contributed by atoms with Gasteiger partial charge >= 0.3 is 5.97 Å². The predicted molar refractivity (Wildman–Crippen MR) is 139 cm³/mol. The van der Waals surface area contributed by atoms with E-state index < -0.39 is 17.4 Å². The van der Waals surface area contributed by atoms with Gasteiger partial charge in [-0.2, -0.15) is 9.78 Å². The van der Waals surface area contributed by atoms with Crippen molar-refractivity contribution in [3.05, 3.63) is 70.0 Å². The van der Waals surface area contributed by atoms with Gasteiger partial charge in [0, 0.05) is 10.8 Å². The third-order valence-electron chi connectivity index (χ3n) is 5.19. The number of nitrogens with one attached hydrogen (secondary N) is 1. The van der Waals surface area contributed by atoms with Gasteiger partial charge < -0.3 is 24.3 Å². The van der Waals surface area contributed by atoms with E-state index in [-0.39, 0.29) is 34.7 Å². The molecule has 11 heteroatoms. The summed E-state index contributed by atoms with van der Waals surface area (Å²) < 4.78 is 22.6. The zero-order valence-corrected chi connectivity index (χ0v) is 21.3. The fraction of sp³-hybridized carbons (Fsp3) is 0.231. The quantitative estimate of drug-likeness (QED) is 0.309. The molecule has 1 amide bonds. The molecule has 0 radical (unpaired) electrons. The van der Waals surface area contributed by atoms with E-state index in [4.69, 9.17) is 18.9 Å². The van der Waals surface area contributed by atoms with Crippen molar-refractivity contribution >= 4 is 39.0 Å². The summed E-state index contributed by atoms with van der Waals surface area (Å²) in [6.07, 6.45) is 0. The molecular weight excluding hydrogens is 498 g/mol. The molecule has 10 nitrogen and oxygen atoms in total. The van der Waals surface area contributed by atoms with Gasteiger partial charge in [0.2, 0.25) is 0 Å². The third-order valence-corrected chi connectivity index (χ3v) is 6.09. The maximum absolute atomic E-state index is 13.5. The first-order valence-corrected chi connectivity index (χ1v) is 12.3. The van der Waals surface area contributed by atoms with Gasteiger partial charge in [-0.05, 0) is 50.2 Å². The van der Waals surface area contributed by atoms with Gasteiger partial charge in [0.05, 0.1) is 31.4 Å². The van der Waals surface area contributed by atoms with Crippen molar-refractivity contribution < 1.29 is 28.5 Å². The van der Waals surface area contributed by atoms with Crippen LogP contribution in [-0.2, 0) is 9.53 Å². The van der Waals surface area contributed by atoms with E-state index in [1.807, 2.05) is 6.92 Å². The molecule has 0 aliphatic rings. The average Bonchev–Trinajstić information content (AvgIpc) is 3.32. The van der Waals surface area contributed by atoms with Crippen LogP contribution in [0.25, 0.3) is 16.5 Å². The van der Waals surface area contributed by atoms with Crippen LogP contribution >= 0.6 is 11.3 Å². The lowest BCUT2D eigenvalue weighted by Gasteiger charge is -2.11. The summed E-state index contributed by atoms with van der Waals surface area (Å²) in [5.41, 5.74) is -0.120. The highest BCUT2D eigenvalue weighted by atomic mass is 32.1. The normalized spacial score (nSPS) is 10.7. The number of ether oxygens (including phenoxy) is 4.